The number of methoxy groups -OCH3 is 3. The summed E-state index contributed by atoms with van der Waals surface area (Å²) in [6, 6.07) is 3.42. The van der Waals surface area contributed by atoms with Gasteiger partial charge in [-0.3, -0.25) is 9.59 Å². The summed E-state index contributed by atoms with van der Waals surface area (Å²) in [6.07, 6.45) is 1.11. The first kappa shape index (κ1) is 13.4. The molecule has 0 saturated heterocycles. The maximum Gasteiger partial charge on any atom is 0.316 e. The van der Waals surface area contributed by atoms with Crippen molar-refractivity contribution in [3.63, 3.8) is 0 Å². The molecule has 0 spiro atoms. The zero-order valence-corrected chi connectivity index (χ0v) is 11.2. The Labute approximate surface area is 111 Å². The van der Waals surface area contributed by atoms with Gasteiger partial charge in [-0.2, -0.15) is 0 Å². The number of carbonyl (C=O) groups is 2. The molecule has 1 atom stereocenters. The van der Waals surface area contributed by atoms with E-state index in [1.807, 2.05) is 0 Å². The van der Waals surface area contributed by atoms with E-state index in [0.717, 1.165) is 5.56 Å². The number of aryl methyl sites for hydroxylation is 1. The average molecular weight is 264 g/mol. The average Bonchev–Trinajstić information content (AvgIpc) is 2.45. The van der Waals surface area contributed by atoms with Crippen molar-refractivity contribution in [3.05, 3.63) is 23.3 Å². The maximum atomic E-state index is 12.3. The molecular formula is C14H16O5. The molecule has 0 amide bonds. The number of fused-ring (bicyclic) bond motifs is 1. The van der Waals surface area contributed by atoms with Gasteiger partial charge in [0.25, 0.3) is 0 Å². The van der Waals surface area contributed by atoms with Crippen LogP contribution in [-0.2, 0) is 16.0 Å². The van der Waals surface area contributed by atoms with Crippen LogP contribution >= 0.6 is 0 Å². The molecule has 1 aromatic rings. The normalized spacial score (nSPS) is 17.6. The lowest BCUT2D eigenvalue weighted by molar-refractivity contribution is -0.143. The first-order valence-corrected chi connectivity index (χ1v) is 5.99. The zero-order chi connectivity index (χ0) is 14.0. The Balaban J connectivity index is 2.43. The van der Waals surface area contributed by atoms with Crippen LogP contribution in [0.4, 0.5) is 0 Å². The van der Waals surface area contributed by atoms with Gasteiger partial charge in [0.2, 0.25) is 0 Å². The van der Waals surface area contributed by atoms with Gasteiger partial charge in [0, 0.05) is 5.56 Å². The van der Waals surface area contributed by atoms with Crippen LogP contribution in [0.25, 0.3) is 0 Å². The number of esters is 1. The van der Waals surface area contributed by atoms with Crippen LogP contribution in [0.1, 0.15) is 22.3 Å². The van der Waals surface area contributed by atoms with Crippen molar-refractivity contribution in [2.24, 2.45) is 5.92 Å². The van der Waals surface area contributed by atoms with E-state index in [1.54, 1.807) is 19.2 Å². The fourth-order valence-corrected chi connectivity index (χ4v) is 2.34. The second-order valence-electron chi connectivity index (χ2n) is 4.34. The maximum absolute atomic E-state index is 12.3. The standard InChI is InChI=1S/C14H16O5/c1-17-11-6-8-4-5-9(14(16)19-3)13(15)10(8)7-12(11)18-2/h6-7,9H,4-5H2,1-3H3/t9-/m0/s1. The molecule has 0 unspecified atom stereocenters. The Morgan fingerprint density at radius 2 is 1.79 bits per heavy atom. The second kappa shape index (κ2) is 5.30. The van der Waals surface area contributed by atoms with Gasteiger partial charge in [-0.05, 0) is 30.5 Å². The second-order valence-corrected chi connectivity index (χ2v) is 4.34. The molecule has 0 saturated carbocycles. The summed E-state index contributed by atoms with van der Waals surface area (Å²) < 4.78 is 15.0. The van der Waals surface area contributed by atoms with Gasteiger partial charge in [-0.15, -0.1) is 0 Å². The summed E-state index contributed by atoms with van der Waals surface area (Å²) in [7, 11) is 4.35. The summed E-state index contributed by atoms with van der Waals surface area (Å²) in [4.78, 5) is 23.9. The van der Waals surface area contributed by atoms with Crippen molar-refractivity contribution < 1.29 is 23.8 Å². The van der Waals surface area contributed by atoms with E-state index in [4.69, 9.17) is 9.47 Å². The van der Waals surface area contributed by atoms with Gasteiger partial charge in [0.05, 0.1) is 21.3 Å². The van der Waals surface area contributed by atoms with Gasteiger partial charge in [0.15, 0.2) is 17.3 Å². The first-order valence-electron chi connectivity index (χ1n) is 5.99. The highest BCUT2D eigenvalue weighted by molar-refractivity contribution is 6.10. The largest absolute Gasteiger partial charge is 0.493 e. The van der Waals surface area contributed by atoms with Gasteiger partial charge >= 0.3 is 5.97 Å². The minimum absolute atomic E-state index is 0.214. The van der Waals surface area contributed by atoms with Crippen LogP contribution in [-0.4, -0.2) is 33.1 Å². The summed E-state index contributed by atoms with van der Waals surface area (Å²) in [6.45, 7) is 0. The zero-order valence-electron chi connectivity index (χ0n) is 11.2. The molecule has 5 nitrogen and oxygen atoms in total. The summed E-state index contributed by atoms with van der Waals surface area (Å²) in [5, 5.41) is 0. The van der Waals surface area contributed by atoms with E-state index in [2.05, 4.69) is 4.74 Å². The number of carbonyl (C=O) groups excluding carboxylic acids is 2. The summed E-state index contributed by atoms with van der Waals surface area (Å²) in [5.41, 5.74) is 1.39. The number of ketones is 1. The van der Waals surface area contributed by atoms with Gasteiger partial charge < -0.3 is 14.2 Å². The minimum atomic E-state index is -0.712. The van der Waals surface area contributed by atoms with Crippen molar-refractivity contribution in [1.82, 2.24) is 0 Å². The van der Waals surface area contributed by atoms with Crippen LogP contribution in [0.5, 0.6) is 11.5 Å². The molecule has 0 aromatic heterocycles. The van der Waals surface area contributed by atoms with E-state index in [-0.39, 0.29) is 5.78 Å². The van der Waals surface area contributed by atoms with Crippen LogP contribution in [0.2, 0.25) is 0 Å². The van der Waals surface area contributed by atoms with Crippen LogP contribution in [0, 0.1) is 5.92 Å². The van der Waals surface area contributed by atoms with Crippen LogP contribution in [0.3, 0.4) is 0 Å². The molecule has 0 fully saturated rings. The number of benzene rings is 1. The number of Topliss-reactive ketones (excluding diaryl/α,β-unsaturated/α-hetero) is 1. The van der Waals surface area contributed by atoms with E-state index in [0.29, 0.717) is 29.9 Å². The molecule has 0 bridgehead atoms. The molecule has 19 heavy (non-hydrogen) atoms. The molecule has 0 N–H and O–H groups in total. The Hall–Kier alpha value is -2.04. The van der Waals surface area contributed by atoms with Gasteiger partial charge in [-0.25, -0.2) is 0 Å². The molecule has 0 heterocycles. The predicted octanol–water partition coefficient (Wildman–Crippen LogP) is 1.62. The Morgan fingerprint density at radius 1 is 1.16 bits per heavy atom. The molecule has 102 valence electrons. The lowest BCUT2D eigenvalue weighted by atomic mass is 9.82. The summed E-state index contributed by atoms with van der Waals surface area (Å²) >= 11 is 0. The third-order valence-corrected chi connectivity index (χ3v) is 3.38. The molecule has 0 radical (unpaired) electrons. The van der Waals surface area contributed by atoms with Crippen LogP contribution in [0.15, 0.2) is 12.1 Å². The van der Waals surface area contributed by atoms with Gasteiger partial charge in [-0.1, -0.05) is 0 Å². The smallest absolute Gasteiger partial charge is 0.316 e. The van der Waals surface area contributed by atoms with Crippen LogP contribution < -0.4 is 9.47 Å². The van der Waals surface area contributed by atoms with Gasteiger partial charge in [0.1, 0.15) is 5.92 Å². The Morgan fingerprint density at radius 3 is 2.37 bits per heavy atom. The quantitative estimate of drug-likeness (QED) is 0.613. The highest BCUT2D eigenvalue weighted by atomic mass is 16.5. The molecule has 1 aliphatic carbocycles. The predicted molar refractivity (Wildman–Crippen MR) is 67.7 cm³/mol. The minimum Gasteiger partial charge on any atom is -0.493 e. The van der Waals surface area contributed by atoms with Crippen molar-refractivity contribution in [2.75, 3.05) is 21.3 Å². The Bertz CT molecular complexity index is 521. The highest BCUT2D eigenvalue weighted by Gasteiger charge is 2.34. The first-order chi connectivity index (χ1) is 9.12. The lowest BCUT2D eigenvalue weighted by Gasteiger charge is -2.22. The molecule has 0 aliphatic heterocycles. The van der Waals surface area contributed by atoms with E-state index in [1.165, 1.54) is 14.2 Å². The topological polar surface area (TPSA) is 61.8 Å². The van der Waals surface area contributed by atoms with Crippen molar-refractivity contribution in [1.29, 1.82) is 0 Å². The molecular weight excluding hydrogens is 248 g/mol. The Kier molecular flexibility index (Phi) is 3.74. The SMILES string of the molecule is COC(=O)[C@H]1CCc2cc(OC)c(OC)cc2C1=O. The van der Waals surface area contributed by atoms with E-state index in [9.17, 15) is 9.59 Å². The van der Waals surface area contributed by atoms with Crippen molar-refractivity contribution >= 4 is 11.8 Å². The fourth-order valence-electron chi connectivity index (χ4n) is 2.34. The number of ether oxygens (including phenoxy) is 3. The van der Waals surface area contributed by atoms with E-state index >= 15 is 0 Å². The monoisotopic (exact) mass is 264 g/mol. The fraction of sp³-hybridized carbons (Fsp3) is 0.429. The summed E-state index contributed by atoms with van der Waals surface area (Å²) in [5.74, 6) is -0.333. The third-order valence-electron chi connectivity index (χ3n) is 3.38. The molecule has 1 aliphatic rings. The van der Waals surface area contributed by atoms with E-state index < -0.39 is 11.9 Å². The lowest BCUT2D eigenvalue weighted by Crippen LogP contribution is -2.30. The number of hydrogen-bond donors (Lipinski definition) is 0. The van der Waals surface area contributed by atoms with Crippen molar-refractivity contribution in [2.45, 2.75) is 12.8 Å². The molecule has 5 heteroatoms. The highest BCUT2D eigenvalue weighted by Crippen LogP contribution is 2.35. The molecule has 1 aromatic carbocycles. The number of rotatable bonds is 3. The van der Waals surface area contributed by atoms with Crippen molar-refractivity contribution in [3.8, 4) is 11.5 Å². The number of hydrogen-bond acceptors (Lipinski definition) is 5. The third kappa shape index (κ3) is 2.28. The molecule has 2 rings (SSSR count).